The number of nitrogens with zero attached hydrogens (tertiary/aromatic N) is 2. The van der Waals surface area contributed by atoms with E-state index in [-0.39, 0.29) is 0 Å². The summed E-state index contributed by atoms with van der Waals surface area (Å²) in [4.78, 5) is 5.13. The molecule has 0 spiro atoms. The van der Waals surface area contributed by atoms with Crippen molar-refractivity contribution in [3.8, 4) is 0 Å². The Balaban J connectivity index is 2.47. The first kappa shape index (κ1) is 12.9. The maximum atomic E-state index is 5.64. The van der Waals surface area contributed by atoms with E-state index in [1.807, 2.05) is 0 Å². The Bertz CT molecular complexity index is 157. The van der Waals surface area contributed by atoms with Gasteiger partial charge in [0.2, 0.25) is 0 Å². The van der Waals surface area contributed by atoms with Gasteiger partial charge >= 0.3 is 0 Å². The largest absolute Gasteiger partial charge is 0.329 e. The first-order valence-electron chi connectivity index (χ1n) is 6.48. The van der Waals surface area contributed by atoms with Crippen molar-refractivity contribution in [2.45, 2.75) is 39.2 Å². The van der Waals surface area contributed by atoms with Crippen LogP contribution in [-0.4, -0.2) is 55.1 Å². The Labute approximate surface area is 94.6 Å². The van der Waals surface area contributed by atoms with E-state index in [1.165, 1.54) is 45.4 Å². The van der Waals surface area contributed by atoms with Crippen molar-refractivity contribution < 1.29 is 0 Å². The van der Waals surface area contributed by atoms with Crippen molar-refractivity contribution >= 4 is 0 Å². The first-order valence-corrected chi connectivity index (χ1v) is 6.48. The molecule has 1 unspecified atom stereocenters. The maximum Gasteiger partial charge on any atom is 0.0222 e. The fourth-order valence-electron chi connectivity index (χ4n) is 2.62. The first-order chi connectivity index (χ1) is 7.31. The van der Waals surface area contributed by atoms with Gasteiger partial charge in [-0.15, -0.1) is 0 Å². The van der Waals surface area contributed by atoms with Gasteiger partial charge in [0.05, 0.1) is 0 Å². The van der Waals surface area contributed by atoms with Crippen LogP contribution in [0.2, 0.25) is 0 Å². The lowest BCUT2D eigenvalue weighted by atomic mass is 10.1. The summed E-state index contributed by atoms with van der Waals surface area (Å²) >= 11 is 0. The van der Waals surface area contributed by atoms with Crippen molar-refractivity contribution in [1.29, 1.82) is 0 Å². The second-order valence-corrected chi connectivity index (χ2v) is 4.46. The molecule has 15 heavy (non-hydrogen) atoms. The Morgan fingerprint density at radius 2 is 2.00 bits per heavy atom. The monoisotopic (exact) mass is 213 g/mol. The molecule has 0 aromatic carbocycles. The maximum absolute atomic E-state index is 5.64. The molecule has 0 aromatic heterocycles. The predicted molar refractivity (Wildman–Crippen MR) is 66.1 cm³/mol. The van der Waals surface area contributed by atoms with Crippen LogP contribution in [0.4, 0.5) is 0 Å². The molecule has 0 radical (unpaired) electrons. The van der Waals surface area contributed by atoms with E-state index in [4.69, 9.17) is 5.73 Å². The minimum atomic E-state index is 0.758. The summed E-state index contributed by atoms with van der Waals surface area (Å²) in [5.74, 6) is 0. The van der Waals surface area contributed by atoms with Gasteiger partial charge in [-0.25, -0.2) is 0 Å². The highest BCUT2D eigenvalue weighted by atomic mass is 15.2. The van der Waals surface area contributed by atoms with Crippen LogP contribution in [0.15, 0.2) is 0 Å². The van der Waals surface area contributed by atoms with Crippen LogP contribution >= 0.6 is 0 Å². The highest BCUT2D eigenvalue weighted by Crippen LogP contribution is 2.15. The van der Waals surface area contributed by atoms with Gasteiger partial charge in [0.25, 0.3) is 0 Å². The van der Waals surface area contributed by atoms with Gasteiger partial charge in [0, 0.05) is 25.7 Å². The van der Waals surface area contributed by atoms with E-state index in [0.717, 1.165) is 19.1 Å². The van der Waals surface area contributed by atoms with Gasteiger partial charge in [-0.3, -0.25) is 4.90 Å². The fraction of sp³-hybridized carbons (Fsp3) is 1.00. The average molecular weight is 213 g/mol. The summed E-state index contributed by atoms with van der Waals surface area (Å²) in [5.41, 5.74) is 5.64. The van der Waals surface area contributed by atoms with Gasteiger partial charge in [0.15, 0.2) is 0 Å². The highest BCUT2D eigenvalue weighted by Gasteiger charge is 2.21. The van der Waals surface area contributed by atoms with Crippen LogP contribution in [0.5, 0.6) is 0 Å². The van der Waals surface area contributed by atoms with E-state index in [1.54, 1.807) is 0 Å². The van der Waals surface area contributed by atoms with E-state index >= 15 is 0 Å². The third kappa shape index (κ3) is 4.09. The molecule has 1 aliphatic heterocycles. The zero-order chi connectivity index (χ0) is 11.1. The lowest BCUT2D eigenvalue weighted by molar-refractivity contribution is 0.159. The Morgan fingerprint density at radius 3 is 2.60 bits per heavy atom. The number of hydrogen-bond donors (Lipinski definition) is 1. The molecule has 1 saturated heterocycles. The average Bonchev–Trinajstić information content (AvgIpc) is 2.46. The molecule has 3 heteroatoms. The molecule has 0 aromatic rings. The van der Waals surface area contributed by atoms with Gasteiger partial charge in [-0.05, 0) is 32.5 Å². The second-order valence-electron chi connectivity index (χ2n) is 4.46. The SMILES string of the molecule is CCN(CC)C1CCCCN(CCN)C1. The normalized spacial score (nSPS) is 24.4. The summed E-state index contributed by atoms with van der Waals surface area (Å²) in [6.07, 6.45) is 4.09. The fourth-order valence-corrected chi connectivity index (χ4v) is 2.62. The molecule has 2 N–H and O–H groups in total. The van der Waals surface area contributed by atoms with Crippen LogP contribution in [0.25, 0.3) is 0 Å². The van der Waals surface area contributed by atoms with E-state index < -0.39 is 0 Å². The quantitative estimate of drug-likeness (QED) is 0.743. The lowest BCUT2D eigenvalue weighted by Gasteiger charge is -2.32. The zero-order valence-electron chi connectivity index (χ0n) is 10.4. The smallest absolute Gasteiger partial charge is 0.0222 e. The number of likely N-dealkylation sites (tertiary alicyclic amines) is 1. The number of nitrogens with two attached hydrogens (primary N) is 1. The molecule has 1 rings (SSSR count). The highest BCUT2D eigenvalue weighted by molar-refractivity contribution is 4.78. The van der Waals surface area contributed by atoms with Crippen LogP contribution in [0, 0.1) is 0 Å². The topological polar surface area (TPSA) is 32.5 Å². The Morgan fingerprint density at radius 1 is 1.27 bits per heavy atom. The molecule has 1 heterocycles. The molecule has 0 saturated carbocycles. The van der Waals surface area contributed by atoms with Gasteiger partial charge in [-0.2, -0.15) is 0 Å². The minimum Gasteiger partial charge on any atom is -0.329 e. The van der Waals surface area contributed by atoms with Crippen LogP contribution in [0.3, 0.4) is 0 Å². The van der Waals surface area contributed by atoms with Gasteiger partial charge in [-0.1, -0.05) is 20.3 Å². The van der Waals surface area contributed by atoms with Gasteiger partial charge < -0.3 is 10.6 Å². The molecule has 1 fully saturated rings. The van der Waals surface area contributed by atoms with Crippen LogP contribution in [-0.2, 0) is 0 Å². The molecule has 90 valence electrons. The minimum absolute atomic E-state index is 0.758. The standard InChI is InChI=1S/C12H27N3/c1-3-15(4-2)12-7-5-6-9-14(11-12)10-8-13/h12H,3-11,13H2,1-2H3. The van der Waals surface area contributed by atoms with E-state index in [2.05, 4.69) is 23.6 Å². The van der Waals surface area contributed by atoms with Crippen molar-refractivity contribution in [2.24, 2.45) is 5.73 Å². The molecule has 0 amide bonds. The molecule has 1 atom stereocenters. The number of hydrogen-bond acceptors (Lipinski definition) is 3. The van der Waals surface area contributed by atoms with Crippen molar-refractivity contribution in [3.63, 3.8) is 0 Å². The zero-order valence-corrected chi connectivity index (χ0v) is 10.4. The summed E-state index contributed by atoms with van der Waals surface area (Å²) in [6.45, 7) is 11.2. The van der Waals surface area contributed by atoms with E-state index in [0.29, 0.717) is 0 Å². The number of likely N-dealkylation sites (N-methyl/N-ethyl adjacent to an activating group) is 1. The van der Waals surface area contributed by atoms with Crippen molar-refractivity contribution in [1.82, 2.24) is 9.80 Å². The van der Waals surface area contributed by atoms with Crippen LogP contribution in [0.1, 0.15) is 33.1 Å². The third-order valence-electron chi connectivity index (χ3n) is 3.50. The molecule has 3 nitrogen and oxygen atoms in total. The van der Waals surface area contributed by atoms with Gasteiger partial charge in [0.1, 0.15) is 0 Å². The van der Waals surface area contributed by atoms with E-state index in [9.17, 15) is 0 Å². The third-order valence-corrected chi connectivity index (χ3v) is 3.50. The second kappa shape index (κ2) is 7.20. The van der Waals surface area contributed by atoms with Crippen molar-refractivity contribution in [2.75, 3.05) is 39.3 Å². The number of rotatable bonds is 5. The Kier molecular flexibility index (Phi) is 6.22. The molecule has 1 aliphatic rings. The molecule has 0 bridgehead atoms. The molecular weight excluding hydrogens is 186 g/mol. The summed E-state index contributed by atoms with van der Waals surface area (Å²) in [5, 5.41) is 0. The molecular formula is C12H27N3. The predicted octanol–water partition coefficient (Wildman–Crippen LogP) is 1.14. The summed E-state index contributed by atoms with van der Waals surface area (Å²) in [6, 6.07) is 0.758. The molecule has 0 aliphatic carbocycles. The van der Waals surface area contributed by atoms with Crippen LogP contribution < -0.4 is 5.73 Å². The summed E-state index contributed by atoms with van der Waals surface area (Å²) < 4.78 is 0. The Hall–Kier alpha value is -0.120. The summed E-state index contributed by atoms with van der Waals surface area (Å²) in [7, 11) is 0. The van der Waals surface area contributed by atoms with Crippen molar-refractivity contribution in [3.05, 3.63) is 0 Å². The lowest BCUT2D eigenvalue weighted by Crippen LogP contribution is -2.44.